The number of rotatable bonds is 4. The van der Waals surface area contributed by atoms with E-state index in [4.69, 9.17) is 4.98 Å². The lowest BCUT2D eigenvalue weighted by Crippen LogP contribution is -2.17. The standard InChI is InChI=1S/C24H20N6O/c1-17(2)30-16-27-29-23(30)22-12-6-11-21(28-22)19-10-7-14-25-20(19)13-15-26-24(31)18-8-4-3-5-9-18/h3-12,14,16-17H,1-2H3,(H,26,31). The van der Waals surface area contributed by atoms with E-state index in [1.54, 1.807) is 36.8 Å². The van der Waals surface area contributed by atoms with Crippen LogP contribution in [0.1, 0.15) is 35.9 Å². The number of hydrogen-bond acceptors (Lipinski definition) is 5. The molecule has 1 N–H and O–H groups in total. The molecule has 0 spiro atoms. The van der Waals surface area contributed by atoms with Gasteiger partial charge in [0, 0.05) is 29.4 Å². The van der Waals surface area contributed by atoms with Gasteiger partial charge in [-0.15, -0.1) is 10.2 Å². The molecule has 4 rings (SSSR count). The Kier molecular flexibility index (Phi) is 5.81. The molecule has 0 saturated carbocycles. The first-order valence-corrected chi connectivity index (χ1v) is 9.82. The highest BCUT2D eigenvalue weighted by atomic mass is 16.1. The molecule has 0 saturated heterocycles. The van der Waals surface area contributed by atoms with Crippen LogP contribution in [0.4, 0.5) is 0 Å². The number of pyridine rings is 2. The molecule has 1 amide bonds. The molecule has 7 nitrogen and oxygen atoms in total. The molecule has 1 aromatic carbocycles. The van der Waals surface area contributed by atoms with E-state index in [0.717, 1.165) is 5.56 Å². The summed E-state index contributed by atoms with van der Waals surface area (Å²) < 4.78 is 1.97. The first-order valence-electron chi connectivity index (χ1n) is 9.82. The van der Waals surface area contributed by atoms with Gasteiger partial charge < -0.3 is 4.57 Å². The number of carbonyl (C=O) groups is 1. The van der Waals surface area contributed by atoms with Crippen molar-refractivity contribution in [3.05, 3.63) is 84.4 Å². The van der Waals surface area contributed by atoms with Gasteiger partial charge in [-0.3, -0.25) is 10.1 Å². The third-order valence-corrected chi connectivity index (χ3v) is 4.58. The van der Waals surface area contributed by atoms with E-state index in [9.17, 15) is 4.79 Å². The Morgan fingerprint density at radius 3 is 2.61 bits per heavy atom. The summed E-state index contributed by atoms with van der Waals surface area (Å²) >= 11 is 0. The van der Waals surface area contributed by atoms with Crippen molar-refractivity contribution in [2.75, 3.05) is 0 Å². The minimum Gasteiger partial charge on any atom is -0.310 e. The Morgan fingerprint density at radius 1 is 1.00 bits per heavy atom. The van der Waals surface area contributed by atoms with Gasteiger partial charge >= 0.3 is 0 Å². The predicted octanol–water partition coefficient (Wildman–Crippen LogP) is 3.72. The maximum absolute atomic E-state index is 12.2. The minimum atomic E-state index is -0.265. The van der Waals surface area contributed by atoms with Crippen molar-refractivity contribution >= 4 is 5.91 Å². The molecule has 3 aromatic heterocycles. The van der Waals surface area contributed by atoms with Crippen molar-refractivity contribution in [2.24, 2.45) is 0 Å². The van der Waals surface area contributed by atoms with Crippen LogP contribution in [0.3, 0.4) is 0 Å². The number of amides is 1. The van der Waals surface area contributed by atoms with Crippen molar-refractivity contribution in [2.45, 2.75) is 19.9 Å². The quantitative estimate of drug-likeness (QED) is 0.411. The lowest BCUT2D eigenvalue weighted by molar-refractivity contribution is 0.0973. The summed E-state index contributed by atoms with van der Waals surface area (Å²) in [5.41, 5.74) is 3.25. The molecule has 0 aliphatic rings. The Labute approximate surface area is 180 Å². The van der Waals surface area contributed by atoms with E-state index in [-0.39, 0.29) is 11.9 Å². The second-order valence-electron chi connectivity index (χ2n) is 7.03. The topological polar surface area (TPSA) is 85.6 Å². The molecule has 0 fully saturated rings. The Balaban J connectivity index is 1.63. The summed E-state index contributed by atoms with van der Waals surface area (Å²) in [7, 11) is 0. The Morgan fingerprint density at radius 2 is 1.81 bits per heavy atom. The number of nitrogens with one attached hydrogen (secondary N) is 1. The number of aromatic nitrogens is 5. The summed E-state index contributed by atoms with van der Waals surface area (Å²) in [6.07, 6.45) is 3.36. The Bertz CT molecular complexity index is 1270. The van der Waals surface area contributed by atoms with Gasteiger partial charge in [-0.1, -0.05) is 24.3 Å². The minimum absolute atomic E-state index is 0.212. The van der Waals surface area contributed by atoms with Gasteiger partial charge in [-0.05, 0) is 56.2 Å². The second-order valence-corrected chi connectivity index (χ2v) is 7.03. The van der Waals surface area contributed by atoms with Gasteiger partial charge in [0.1, 0.15) is 17.7 Å². The highest BCUT2D eigenvalue weighted by Crippen LogP contribution is 2.24. The summed E-state index contributed by atoms with van der Waals surface area (Å²) in [6.45, 7) is 4.13. The summed E-state index contributed by atoms with van der Waals surface area (Å²) in [5, 5.41) is 10.8. The maximum Gasteiger partial charge on any atom is 0.262 e. The van der Waals surface area contributed by atoms with Crippen molar-refractivity contribution in [3.8, 4) is 34.7 Å². The van der Waals surface area contributed by atoms with Crippen molar-refractivity contribution in [1.82, 2.24) is 30.0 Å². The Hall–Kier alpha value is -4.31. The van der Waals surface area contributed by atoms with Gasteiger partial charge in [0.2, 0.25) is 0 Å². The average Bonchev–Trinajstić information content (AvgIpc) is 3.30. The lowest BCUT2D eigenvalue weighted by Gasteiger charge is -2.10. The van der Waals surface area contributed by atoms with Crippen LogP contribution < -0.4 is 5.32 Å². The molecule has 3 heterocycles. The van der Waals surface area contributed by atoms with Crippen LogP contribution in [0, 0.1) is 12.0 Å². The molecule has 0 atom stereocenters. The fourth-order valence-corrected chi connectivity index (χ4v) is 3.03. The monoisotopic (exact) mass is 408 g/mol. The highest BCUT2D eigenvalue weighted by molar-refractivity contribution is 5.95. The van der Waals surface area contributed by atoms with E-state index >= 15 is 0 Å². The van der Waals surface area contributed by atoms with Crippen LogP contribution in [0.25, 0.3) is 22.8 Å². The van der Waals surface area contributed by atoms with Gasteiger partial charge in [0.25, 0.3) is 5.91 Å². The van der Waals surface area contributed by atoms with Crippen molar-refractivity contribution in [1.29, 1.82) is 0 Å². The second kappa shape index (κ2) is 9.01. The molecule has 0 bridgehead atoms. The molecule has 7 heteroatoms. The number of carbonyl (C=O) groups excluding carboxylic acids is 1. The molecule has 0 radical (unpaired) electrons. The van der Waals surface area contributed by atoms with Crippen LogP contribution in [-0.4, -0.2) is 30.6 Å². The first kappa shape index (κ1) is 20.0. The number of hydrogen-bond donors (Lipinski definition) is 1. The smallest absolute Gasteiger partial charge is 0.262 e. The van der Waals surface area contributed by atoms with E-state index < -0.39 is 0 Å². The number of benzene rings is 1. The largest absolute Gasteiger partial charge is 0.310 e. The molecule has 0 unspecified atom stereocenters. The van der Waals surface area contributed by atoms with Crippen LogP contribution >= 0.6 is 0 Å². The zero-order valence-corrected chi connectivity index (χ0v) is 17.1. The van der Waals surface area contributed by atoms with Crippen LogP contribution in [-0.2, 0) is 0 Å². The van der Waals surface area contributed by atoms with Gasteiger partial charge in [-0.25, -0.2) is 9.97 Å². The van der Waals surface area contributed by atoms with Crippen LogP contribution in [0.5, 0.6) is 0 Å². The molecule has 4 aromatic rings. The molecule has 152 valence electrons. The molecule has 31 heavy (non-hydrogen) atoms. The van der Waals surface area contributed by atoms with Gasteiger partial charge in [0.15, 0.2) is 5.82 Å². The predicted molar refractivity (Wildman–Crippen MR) is 118 cm³/mol. The molecular formula is C24H20N6O. The molecular weight excluding hydrogens is 388 g/mol. The first-order chi connectivity index (χ1) is 15.1. The molecule has 0 aliphatic carbocycles. The number of nitrogens with zero attached hydrogens (tertiary/aromatic N) is 5. The normalized spacial score (nSPS) is 10.4. The maximum atomic E-state index is 12.2. The summed E-state index contributed by atoms with van der Waals surface area (Å²) in [6, 6.07) is 21.3. The van der Waals surface area contributed by atoms with Gasteiger partial charge in [0.05, 0.1) is 5.69 Å². The summed E-state index contributed by atoms with van der Waals surface area (Å²) in [4.78, 5) is 21.3. The fourth-order valence-electron chi connectivity index (χ4n) is 3.03. The van der Waals surface area contributed by atoms with Gasteiger partial charge in [-0.2, -0.15) is 0 Å². The zero-order valence-electron chi connectivity index (χ0n) is 17.1. The van der Waals surface area contributed by atoms with Crippen molar-refractivity contribution in [3.63, 3.8) is 0 Å². The van der Waals surface area contributed by atoms with E-state index in [0.29, 0.717) is 28.5 Å². The third-order valence-electron chi connectivity index (χ3n) is 4.58. The van der Waals surface area contributed by atoms with Crippen molar-refractivity contribution < 1.29 is 4.79 Å². The SMILES string of the molecule is CC(C)n1cnnc1-c1cccc(-c2cccnc2C#CNC(=O)c2ccccc2)n1. The van der Waals surface area contributed by atoms with Crippen LogP contribution in [0.2, 0.25) is 0 Å². The van der Waals surface area contributed by atoms with E-state index in [1.165, 1.54) is 0 Å². The molecule has 0 aliphatic heterocycles. The van der Waals surface area contributed by atoms with E-state index in [1.807, 2.05) is 41.0 Å². The summed E-state index contributed by atoms with van der Waals surface area (Å²) in [5.74, 6) is 3.36. The lowest BCUT2D eigenvalue weighted by atomic mass is 10.1. The highest BCUT2D eigenvalue weighted by Gasteiger charge is 2.13. The average molecular weight is 408 g/mol. The third kappa shape index (κ3) is 4.49. The zero-order chi connectivity index (χ0) is 21.6. The fraction of sp³-hybridized carbons (Fsp3) is 0.125. The van der Waals surface area contributed by atoms with Crippen LogP contribution in [0.15, 0.2) is 73.2 Å². The van der Waals surface area contributed by atoms with E-state index in [2.05, 4.69) is 46.3 Å².